The highest BCUT2D eigenvalue weighted by molar-refractivity contribution is 7.91. The zero-order valence-corrected chi connectivity index (χ0v) is 10.8. The van der Waals surface area contributed by atoms with Gasteiger partial charge >= 0.3 is 0 Å². The Balaban J connectivity index is 2.43. The molecule has 6 heteroatoms. The van der Waals surface area contributed by atoms with E-state index >= 15 is 0 Å². The Morgan fingerprint density at radius 2 is 2.06 bits per heavy atom. The van der Waals surface area contributed by atoms with Gasteiger partial charge < -0.3 is 0 Å². The van der Waals surface area contributed by atoms with Crippen molar-refractivity contribution in [2.75, 3.05) is 5.75 Å². The van der Waals surface area contributed by atoms with Crippen molar-refractivity contribution in [2.24, 2.45) is 0 Å². The first-order valence-corrected chi connectivity index (χ1v) is 7.25. The minimum absolute atomic E-state index is 0.0590. The van der Waals surface area contributed by atoms with Crippen molar-refractivity contribution in [2.45, 2.75) is 18.5 Å². The summed E-state index contributed by atoms with van der Waals surface area (Å²) in [6.45, 7) is 1.81. The molecule has 0 saturated heterocycles. The van der Waals surface area contributed by atoms with Crippen LogP contribution < -0.4 is 0 Å². The van der Waals surface area contributed by atoms with Crippen molar-refractivity contribution in [3.05, 3.63) is 36.8 Å². The minimum atomic E-state index is -3.38. The molecule has 2 heterocycles. The first-order chi connectivity index (χ1) is 8.63. The van der Waals surface area contributed by atoms with E-state index < -0.39 is 9.84 Å². The standard InChI is InChI=1S/C12H13N3O2S/c1-2-8-18(16,17)12-14-7-5-11(15-12)10-4-3-6-13-9-10/h3-7,9H,2,8H2,1H3. The number of hydrogen-bond donors (Lipinski definition) is 0. The van der Waals surface area contributed by atoms with Gasteiger partial charge in [-0.3, -0.25) is 4.98 Å². The summed E-state index contributed by atoms with van der Waals surface area (Å²) in [4.78, 5) is 11.9. The molecular formula is C12H13N3O2S. The number of sulfone groups is 1. The van der Waals surface area contributed by atoms with Gasteiger partial charge in [-0.05, 0) is 24.6 Å². The van der Waals surface area contributed by atoms with Gasteiger partial charge in [-0.1, -0.05) is 6.92 Å². The first-order valence-electron chi connectivity index (χ1n) is 5.59. The monoisotopic (exact) mass is 263 g/mol. The largest absolute Gasteiger partial charge is 0.264 e. The molecule has 18 heavy (non-hydrogen) atoms. The van der Waals surface area contributed by atoms with Crippen molar-refractivity contribution in [1.82, 2.24) is 15.0 Å². The molecule has 0 bridgehead atoms. The van der Waals surface area contributed by atoms with Gasteiger partial charge in [0.1, 0.15) is 0 Å². The van der Waals surface area contributed by atoms with Crippen LogP contribution in [0.1, 0.15) is 13.3 Å². The van der Waals surface area contributed by atoms with Crippen LogP contribution in [0, 0.1) is 0 Å². The second-order valence-corrected chi connectivity index (χ2v) is 5.79. The van der Waals surface area contributed by atoms with Gasteiger partial charge in [-0.25, -0.2) is 18.4 Å². The highest BCUT2D eigenvalue weighted by Gasteiger charge is 2.17. The predicted octanol–water partition coefficient (Wildman–Crippen LogP) is 1.72. The second-order valence-electron chi connectivity index (χ2n) is 3.79. The third kappa shape index (κ3) is 2.70. The van der Waals surface area contributed by atoms with Crippen molar-refractivity contribution < 1.29 is 8.42 Å². The maximum Gasteiger partial charge on any atom is 0.247 e. The van der Waals surface area contributed by atoms with Gasteiger partial charge in [0.25, 0.3) is 0 Å². The first kappa shape index (κ1) is 12.6. The van der Waals surface area contributed by atoms with E-state index in [1.807, 2.05) is 13.0 Å². The molecule has 0 aliphatic carbocycles. The van der Waals surface area contributed by atoms with E-state index in [9.17, 15) is 8.42 Å². The summed E-state index contributed by atoms with van der Waals surface area (Å²) in [5, 5.41) is -0.120. The molecule has 2 aromatic rings. The van der Waals surface area contributed by atoms with Gasteiger partial charge in [-0.15, -0.1) is 0 Å². The summed E-state index contributed by atoms with van der Waals surface area (Å²) in [6.07, 6.45) is 5.29. The second kappa shape index (κ2) is 5.22. The number of rotatable bonds is 4. The Bertz CT molecular complexity index is 627. The van der Waals surface area contributed by atoms with E-state index in [0.717, 1.165) is 5.56 Å². The lowest BCUT2D eigenvalue weighted by atomic mass is 10.2. The van der Waals surface area contributed by atoms with Crippen LogP contribution in [-0.2, 0) is 9.84 Å². The maximum atomic E-state index is 11.9. The van der Waals surface area contributed by atoms with Crippen LogP contribution in [0.25, 0.3) is 11.3 Å². The topological polar surface area (TPSA) is 72.8 Å². The molecule has 0 atom stereocenters. The van der Waals surface area contributed by atoms with E-state index in [1.165, 1.54) is 6.20 Å². The van der Waals surface area contributed by atoms with Gasteiger partial charge in [0.05, 0.1) is 11.4 Å². The van der Waals surface area contributed by atoms with Crippen LogP contribution in [0.2, 0.25) is 0 Å². The molecule has 0 radical (unpaired) electrons. The lowest BCUT2D eigenvalue weighted by Gasteiger charge is -2.03. The maximum absolute atomic E-state index is 11.9. The summed E-state index contributed by atoms with van der Waals surface area (Å²) in [6, 6.07) is 5.27. The van der Waals surface area contributed by atoms with E-state index in [4.69, 9.17) is 0 Å². The van der Waals surface area contributed by atoms with Gasteiger partial charge in [0, 0.05) is 24.2 Å². The molecule has 0 unspecified atom stereocenters. The smallest absolute Gasteiger partial charge is 0.247 e. The van der Waals surface area contributed by atoms with E-state index in [2.05, 4.69) is 15.0 Å². The normalized spacial score (nSPS) is 11.4. The van der Waals surface area contributed by atoms with Crippen LogP contribution in [0.3, 0.4) is 0 Å². The Labute approximate surface area is 106 Å². The molecule has 0 saturated carbocycles. The quantitative estimate of drug-likeness (QED) is 0.785. The van der Waals surface area contributed by atoms with Crippen LogP contribution in [0.4, 0.5) is 0 Å². The molecule has 94 valence electrons. The SMILES string of the molecule is CCCS(=O)(=O)c1nccc(-c2cccnc2)n1. The zero-order chi connectivity index (χ0) is 13.0. The van der Waals surface area contributed by atoms with Gasteiger partial charge in [-0.2, -0.15) is 0 Å². The molecule has 0 fully saturated rings. The Hall–Kier alpha value is -1.82. The number of pyridine rings is 1. The fourth-order valence-corrected chi connectivity index (χ4v) is 2.70. The van der Waals surface area contributed by atoms with E-state index in [0.29, 0.717) is 12.1 Å². The van der Waals surface area contributed by atoms with E-state index in [1.54, 1.807) is 24.5 Å². The molecule has 0 N–H and O–H groups in total. The molecule has 0 spiro atoms. The molecule has 2 aromatic heterocycles. The Kier molecular flexibility index (Phi) is 3.66. The van der Waals surface area contributed by atoms with Crippen LogP contribution >= 0.6 is 0 Å². The fourth-order valence-electron chi connectivity index (χ4n) is 1.53. The molecule has 0 aromatic carbocycles. The highest BCUT2D eigenvalue weighted by atomic mass is 32.2. The molecule has 2 rings (SSSR count). The van der Waals surface area contributed by atoms with Crippen molar-refractivity contribution >= 4 is 9.84 Å². The summed E-state index contributed by atoms with van der Waals surface area (Å²) >= 11 is 0. The summed E-state index contributed by atoms with van der Waals surface area (Å²) in [5.41, 5.74) is 1.33. The molecular weight excluding hydrogens is 250 g/mol. The summed E-state index contributed by atoms with van der Waals surface area (Å²) < 4.78 is 23.8. The number of nitrogens with zero attached hydrogens (tertiary/aromatic N) is 3. The van der Waals surface area contributed by atoms with Gasteiger partial charge in [0.2, 0.25) is 15.0 Å². The summed E-state index contributed by atoms with van der Waals surface area (Å²) in [7, 11) is -3.38. The zero-order valence-electron chi connectivity index (χ0n) is 9.94. The van der Waals surface area contributed by atoms with Crippen molar-refractivity contribution in [3.63, 3.8) is 0 Å². The predicted molar refractivity (Wildman–Crippen MR) is 67.6 cm³/mol. The van der Waals surface area contributed by atoms with Crippen LogP contribution in [-0.4, -0.2) is 29.1 Å². The highest BCUT2D eigenvalue weighted by Crippen LogP contribution is 2.16. The lowest BCUT2D eigenvalue weighted by molar-refractivity contribution is 0.585. The third-order valence-electron chi connectivity index (χ3n) is 2.34. The average molecular weight is 263 g/mol. The van der Waals surface area contributed by atoms with Gasteiger partial charge in [0.15, 0.2) is 0 Å². The summed E-state index contributed by atoms with van der Waals surface area (Å²) in [5.74, 6) is 0.0590. The molecule has 0 aliphatic rings. The van der Waals surface area contributed by atoms with Crippen molar-refractivity contribution in [3.8, 4) is 11.3 Å². The van der Waals surface area contributed by atoms with Crippen LogP contribution in [0.15, 0.2) is 41.9 Å². The average Bonchev–Trinajstić information content (AvgIpc) is 2.40. The molecule has 5 nitrogen and oxygen atoms in total. The minimum Gasteiger partial charge on any atom is -0.264 e. The van der Waals surface area contributed by atoms with Crippen LogP contribution in [0.5, 0.6) is 0 Å². The van der Waals surface area contributed by atoms with E-state index in [-0.39, 0.29) is 10.9 Å². The molecule has 0 amide bonds. The third-order valence-corrected chi connectivity index (χ3v) is 4.04. The number of hydrogen-bond acceptors (Lipinski definition) is 5. The fraction of sp³-hybridized carbons (Fsp3) is 0.250. The van der Waals surface area contributed by atoms with Crippen molar-refractivity contribution in [1.29, 1.82) is 0 Å². The Morgan fingerprint density at radius 3 is 2.72 bits per heavy atom. The molecule has 0 aliphatic heterocycles. The lowest BCUT2D eigenvalue weighted by Crippen LogP contribution is -2.10. The Morgan fingerprint density at radius 1 is 1.22 bits per heavy atom. The number of aromatic nitrogens is 3.